The van der Waals surface area contributed by atoms with Crippen LogP contribution in [0.3, 0.4) is 0 Å². The Morgan fingerprint density at radius 1 is 1.27 bits per heavy atom. The highest BCUT2D eigenvalue weighted by molar-refractivity contribution is 7.80. The fourth-order valence-electron chi connectivity index (χ4n) is 2.07. The molecule has 2 amide bonds. The standard InChI is InChI=1S/C17H22ClN3O4S/c1-3-4-9-13(16(24)25-2)20-14(22)10-19-17(26)21-15(23)11-7-5-6-8-12(11)18/h5-8,13H,3-4,9-10H2,1-2H3,(H,20,22)(H2,19,21,23,26). The minimum atomic E-state index is -0.708. The number of ether oxygens (including phenoxy) is 1. The molecule has 0 saturated carbocycles. The lowest BCUT2D eigenvalue weighted by molar-refractivity contribution is -0.145. The number of esters is 1. The first kappa shape index (κ1) is 21.9. The fourth-order valence-corrected chi connectivity index (χ4v) is 2.45. The number of amides is 2. The van der Waals surface area contributed by atoms with Gasteiger partial charge in [0.2, 0.25) is 5.91 Å². The van der Waals surface area contributed by atoms with Crippen LogP contribution in [0.25, 0.3) is 0 Å². The second kappa shape index (κ2) is 11.4. The van der Waals surface area contributed by atoms with Gasteiger partial charge in [-0.05, 0) is 30.8 Å². The Labute approximate surface area is 162 Å². The van der Waals surface area contributed by atoms with E-state index in [0.717, 1.165) is 12.8 Å². The molecule has 1 atom stereocenters. The molecule has 7 nitrogen and oxygen atoms in total. The van der Waals surface area contributed by atoms with Gasteiger partial charge in [0.15, 0.2) is 5.11 Å². The van der Waals surface area contributed by atoms with E-state index >= 15 is 0 Å². The normalized spacial score (nSPS) is 11.2. The number of carbonyl (C=O) groups is 3. The first-order chi connectivity index (χ1) is 12.4. The van der Waals surface area contributed by atoms with Crippen molar-refractivity contribution in [1.82, 2.24) is 16.0 Å². The predicted octanol–water partition coefficient (Wildman–Crippen LogP) is 1.79. The van der Waals surface area contributed by atoms with Crippen molar-refractivity contribution in [3.05, 3.63) is 34.9 Å². The van der Waals surface area contributed by atoms with Crippen LogP contribution in [0.2, 0.25) is 5.02 Å². The summed E-state index contributed by atoms with van der Waals surface area (Å²) in [5.41, 5.74) is 0.271. The summed E-state index contributed by atoms with van der Waals surface area (Å²) in [6.45, 7) is 1.79. The van der Waals surface area contributed by atoms with Crippen molar-refractivity contribution in [1.29, 1.82) is 0 Å². The maximum absolute atomic E-state index is 12.1. The molecule has 1 rings (SSSR count). The molecule has 0 aliphatic heterocycles. The SMILES string of the molecule is CCCCC(NC(=O)CNC(=S)NC(=O)c1ccccc1Cl)C(=O)OC. The topological polar surface area (TPSA) is 96.5 Å². The third-order valence-corrected chi connectivity index (χ3v) is 4.00. The summed E-state index contributed by atoms with van der Waals surface area (Å²) < 4.78 is 4.68. The number of benzene rings is 1. The van der Waals surface area contributed by atoms with Gasteiger partial charge in [-0.25, -0.2) is 4.79 Å². The lowest BCUT2D eigenvalue weighted by Gasteiger charge is -2.17. The highest BCUT2D eigenvalue weighted by Crippen LogP contribution is 2.14. The van der Waals surface area contributed by atoms with Gasteiger partial charge in [-0.15, -0.1) is 0 Å². The Morgan fingerprint density at radius 2 is 1.96 bits per heavy atom. The predicted molar refractivity (Wildman–Crippen MR) is 103 cm³/mol. The minimum Gasteiger partial charge on any atom is -0.467 e. The van der Waals surface area contributed by atoms with E-state index in [9.17, 15) is 14.4 Å². The molecular weight excluding hydrogens is 378 g/mol. The highest BCUT2D eigenvalue weighted by atomic mass is 35.5. The fraction of sp³-hybridized carbons (Fsp3) is 0.412. The molecule has 1 unspecified atom stereocenters. The highest BCUT2D eigenvalue weighted by Gasteiger charge is 2.21. The van der Waals surface area contributed by atoms with Crippen LogP contribution < -0.4 is 16.0 Å². The van der Waals surface area contributed by atoms with Crippen LogP contribution in [0.4, 0.5) is 0 Å². The number of nitrogens with one attached hydrogen (secondary N) is 3. The smallest absolute Gasteiger partial charge is 0.328 e. The maximum atomic E-state index is 12.1. The first-order valence-electron chi connectivity index (χ1n) is 8.10. The summed E-state index contributed by atoms with van der Waals surface area (Å²) in [6, 6.07) is 5.82. The van der Waals surface area contributed by atoms with Gasteiger partial charge in [0.1, 0.15) is 6.04 Å². The number of methoxy groups -OCH3 is 1. The summed E-state index contributed by atoms with van der Waals surface area (Å²) in [7, 11) is 1.27. The van der Waals surface area contributed by atoms with Crippen molar-refractivity contribution in [2.24, 2.45) is 0 Å². The van der Waals surface area contributed by atoms with Gasteiger partial charge >= 0.3 is 5.97 Å². The van der Waals surface area contributed by atoms with Crippen LogP contribution in [0.1, 0.15) is 36.5 Å². The number of hydrogen-bond acceptors (Lipinski definition) is 5. The van der Waals surface area contributed by atoms with Crippen LogP contribution in [0, 0.1) is 0 Å². The number of hydrogen-bond donors (Lipinski definition) is 3. The van der Waals surface area contributed by atoms with Crippen LogP contribution in [-0.4, -0.2) is 42.6 Å². The molecule has 0 radical (unpaired) electrons. The number of halogens is 1. The van der Waals surface area contributed by atoms with Crippen molar-refractivity contribution >= 4 is 46.7 Å². The molecule has 0 spiro atoms. The Kier molecular flexibility index (Phi) is 9.61. The van der Waals surface area contributed by atoms with E-state index in [-0.39, 0.29) is 17.2 Å². The number of thiocarbonyl (C=S) groups is 1. The largest absolute Gasteiger partial charge is 0.467 e. The molecule has 1 aromatic rings. The average Bonchev–Trinajstić information content (AvgIpc) is 2.63. The average molecular weight is 400 g/mol. The van der Waals surface area contributed by atoms with Crippen molar-refractivity contribution in [2.45, 2.75) is 32.2 Å². The lowest BCUT2D eigenvalue weighted by atomic mass is 10.1. The zero-order valence-corrected chi connectivity index (χ0v) is 16.2. The Morgan fingerprint density at radius 3 is 2.58 bits per heavy atom. The van der Waals surface area contributed by atoms with Crippen LogP contribution in [0.5, 0.6) is 0 Å². The summed E-state index contributed by atoms with van der Waals surface area (Å²) >= 11 is 10.9. The van der Waals surface area contributed by atoms with Gasteiger partial charge in [0.05, 0.1) is 24.2 Å². The van der Waals surface area contributed by atoms with Crippen LogP contribution in [-0.2, 0) is 14.3 Å². The first-order valence-corrected chi connectivity index (χ1v) is 8.88. The molecule has 0 aliphatic carbocycles. The maximum Gasteiger partial charge on any atom is 0.328 e. The molecule has 142 valence electrons. The van der Waals surface area contributed by atoms with E-state index in [2.05, 4.69) is 20.7 Å². The van der Waals surface area contributed by atoms with E-state index in [1.165, 1.54) is 7.11 Å². The van der Waals surface area contributed by atoms with E-state index in [4.69, 9.17) is 23.8 Å². The van der Waals surface area contributed by atoms with E-state index in [0.29, 0.717) is 11.4 Å². The second-order valence-electron chi connectivity index (χ2n) is 5.40. The molecule has 0 saturated heterocycles. The molecule has 0 aromatic heterocycles. The summed E-state index contributed by atoms with van der Waals surface area (Å²) in [4.78, 5) is 35.7. The number of unbranched alkanes of at least 4 members (excludes halogenated alkanes) is 1. The summed E-state index contributed by atoms with van der Waals surface area (Å²) in [5, 5.41) is 7.91. The van der Waals surface area contributed by atoms with Gasteiger partial charge < -0.3 is 15.4 Å². The molecule has 0 fully saturated rings. The molecule has 0 bridgehead atoms. The van der Waals surface area contributed by atoms with Crippen LogP contribution >= 0.6 is 23.8 Å². The third kappa shape index (κ3) is 7.37. The molecule has 9 heteroatoms. The summed E-state index contributed by atoms with van der Waals surface area (Å²) in [5.74, 6) is -1.42. The minimum absolute atomic E-state index is 0.0201. The molecule has 3 N–H and O–H groups in total. The summed E-state index contributed by atoms with van der Waals surface area (Å²) in [6.07, 6.45) is 2.15. The van der Waals surface area contributed by atoms with E-state index in [1.54, 1.807) is 24.3 Å². The van der Waals surface area contributed by atoms with Crippen molar-refractivity contribution in [2.75, 3.05) is 13.7 Å². The van der Waals surface area contributed by atoms with E-state index < -0.39 is 23.8 Å². The Balaban J connectivity index is 2.47. The monoisotopic (exact) mass is 399 g/mol. The Bertz CT molecular complexity index is 669. The van der Waals surface area contributed by atoms with Gasteiger partial charge in [0.25, 0.3) is 5.91 Å². The van der Waals surface area contributed by atoms with Crippen LogP contribution in [0.15, 0.2) is 24.3 Å². The quantitative estimate of drug-likeness (QED) is 0.455. The van der Waals surface area contributed by atoms with Gasteiger partial charge in [0, 0.05) is 0 Å². The second-order valence-corrected chi connectivity index (χ2v) is 6.22. The van der Waals surface area contributed by atoms with E-state index in [1.807, 2.05) is 6.92 Å². The Hall–Kier alpha value is -2.19. The lowest BCUT2D eigenvalue weighted by Crippen LogP contribution is -2.48. The van der Waals surface area contributed by atoms with Gasteiger partial charge in [-0.1, -0.05) is 43.5 Å². The number of rotatable bonds is 8. The number of carbonyl (C=O) groups excluding carboxylic acids is 3. The zero-order valence-electron chi connectivity index (χ0n) is 14.6. The third-order valence-electron chi connectivity index (χ3n) is 3.42. The molecule has 26 heavy (non-hydrogen) atoms. The zero-order chi connectivity index (χ0) is 19.5. The van der Waals surface area contributed by atoms with Crippen molar-refractivity contribution in [3.63, 3.8) is 0 Å². The molecular formula is C17H22ClN3O4S. The molecule has 1 aromatic carbocycles. The van der Waals surface area contributed by atoms with Crippen molar-refractivity contribution in [3.8, 4) is 0 Å². The molecule has 0 heterocycles. The van der Waals surface area contributed by atoms with Crippen molar-refractivity contribution < 1.29 is 19.1 Å². The molecule has 0 aliphatic rings. The van der Waals surface area contributed by atoms with Gasteiger partial charge in [-0.2, -0.15) is 0 Å². The van der Waals surface area contributed by atoms with Gasteiger partial charge in [-0.3, -0.25) is 14.9 Å².